The lowest BCUT2D eigenvalue weighted by molar-refractivity contribution is 0.101. The highest BCUT2D eigenvalue weighted by Gasteiger charge is 2.25. The molecule has 0 amide bonds. The number of hydrogen-bond acceptors (Lipinski definition) is 7. The lowest BCUT2D eigenvalue weighted by Gasteiger charge is -2.14. The van der Waals surface area contributed by atoms with Crippen molar-refractivity contribution in [3.8, 4) is 17.1 Å². The van der Waals surface area contributed by atoms with Crippen molar-refractivity contribution in [2.24, 2.45) is 0 Å². The number of ketones is 1. The summed E-state index contributed by atoms with van der Waals surface area (Å²) in [7, 11) is -3.07. The Morgan fingerprint density at radius 1 is 1.11 bits per heavy atom. The van der Waals surface area contributed by atoms with Crippen molar-refractivity contribution in [2.45, 2.75) is 32.6 Å². The Morgan fingerprint density at radius 2 is 1.83 bits per heavy atom. The zero-order valence-corrected chi connectivity index (χ0v) is 20.4. The molecule has 0 bridgehead atoms. The molecule has 0 saturated carbocycles. The maximum atomic E-state index is 15.3. The van der Waals surface area contributed by atoms with Crippen LogP contribution in [0.1, 0.15) is 36.8 Å². The zero-order valence-electron chi connectivity index (χ0n) is 19.6. The molecular weight excluding hydrogens is 480 g/mol. The van der Waals surface area contributed by atoms with E-state index in [4.69, 9.17) is 4.74 Å². The van der Waals surface area contributed by atoms with Gasteiger partial charge in [0.2, 0.25) is 5.88 Å². The molecular formula is C23H23F2N5O4S. The van der Waals surface area contributed by atoms with Crippen LogP contribution < -0.4 is 9.46 Å². The predicted octanol–water partition coefficient (Wildman–Crippen LogP) is 4.42. The van der Waals surface area contributed by atoms with Gasteiger partial charge in [-0.15, -0.1) is 0 Å². The fraction of sp³-hybridized carbons (Fsp3) is 0.217. The van der Waals surface area contributed by atoms with Crippen LogP contribution in [0.4, 0.5) is 14.5 Å². The number of Topliss-reactive ketones (excluding diaryl/α,β-unsaturated/α-hetero) is 1. The summed E-state index contributed by atoms with van der Waals surface area (Å²) in [6, 6.07) is 3.20. The van der Waals surface area contributed by atoms with E-state index in [2.05, 4.69) is 19.7 Å². The monoisotopic (exact) mass is 503 g/mol. The Hall–Kier alpha value is -3.93. The second-order valence-corrected chi connectivity index (χ2v) is 8.77. The van der Waals surface area contributed by atoms with E-state index in [1.165, 1.54) is 49.4 Å². The molecule has 9 nitrogen and oxygen atoms in total. The van der Waals surface area contributed by atoms with Gasteiger partial charge in [0.05, 0.1) is 35.8 Å². The second-order valence-electron chi connectivity index (χ2n) is 7.12. The summed E-state index contributed by atoms with van der Waals surface area (Å²) >= 11 is 0. The van der Waals surface area contributed by atoms with Gasteiger partial charge in [0, 0.05) is 19.3 Å². The molecule has 0 saturated heterocycles. The van der Waals surface area contributed by atoms with Crippen molar-refractivity contribution in [1.29, 1.82) is 0 Å². The average molecular weight is 504 g/mol. The molecule has 12 heteroatoms. The van der Waals surface area contributed by atoms with Gasteiger partial charge in [-0.25, -0.2) is 27.2 Å². The third kappa shape index (κ3) is 4.97. The van der Waals surface area contributed by atoms with Gasteiger partial charge in [0.15, 0.2) is 11.6 Å². The van der Waals surface area contributed by atoms with E-state index in [9.17, 15) is 17.6 Å². The van der Waals surface area contributed by atoms with Crippen molar-refractivity contribution in [3.63, 3.8) is 0 Å². The van der Waals surface area contributed by atoms with Gasteiger partial charge in [-0.2, -0.15) is 0 Å². The van der Waals surface area contributed by atoms with Gasteiger partial charge in [-0.05, 0) is 30.7 Å². The van der Waals surface area contributed by atoms with Crippen molar-refractivity contribution in [1.82, 2.24) is 19.4 Å². The minimum Gasteiger partial charge on any atom is -0.480 e. The lowest BCUT2D eigenvalue weighted by atomic mass is 10.1. The molecule has 1 N–H and O–H groups in total. The molecule has 3 aromatic heterocycles. The molecule has 0 aliphatic carbocycles. The van der Waals surface area contributed by atoms with Gasteiger partial charge in [0.25, 0.3) is 10.0 Å². The van der Waals surface area contributed by atoms with Crippen LogP contribution >= 0.6 is 0 Å². The highest BCUT2D eigenvalue weighted by Crippen LogP contribution is 2.32. The summed E-state index contributed by atoms with van der Waals surface area (Å²) in [6.07, 6.45) is 5.29. The van der Waals surface area contributed by atoms with E-state index in [1.807, 2.05) is 13.8 Å². The summed E-state index contributed by atoms with van der Waals surface area (Å²) in [5.41, 5.74) is -0.100. The summed E-state index contributed by atoms with van der Waals surface area (Å²) in [5, 5.41) is 0. The highest BCUT2D eigenvalue weighted by atomic mass is 32.2. The molecule has 0 radical (unpaired) electrons. The van der Waals surface area contributed by atoms with Gasteiger partial charge < -0.3 is 9.14 Å². The van der Waals surface area contributed by atoms with E-state index >= 15 is 4.39 Å². The number of halogens is 2. The molecule has 0 fully saturated rings. The molecule has 0 spiro atoms. The zero-order chi connectivity index (χ0) is 25.9. The molecule has 3 heterocycles. The molecule has 35 heavy (non-hydrogen) atoms. The minimum atomic E-state index is -4.33. The molecule has 184 valence electrons. The number of methoxy groups -OCH3 is 1. The number of anilines is 1. The third-order valence-corrected chi connectivity index (χ3v) is 6.14. The number of nitrogens with zero attached hydrogens (tertiary/aromatic N) is 4. The topological polar surface area (TPSA) is 116 Å². The number of aromatic nitrogens is 4. The average Bonchev–Trinajstić information content (AvgIpc) is 3.26. The largest absolute Gasteiger partial charge is 0.480 e. The fourth-order valence-corrected chi connectivity index (χ4v) is 4.50. The van der Waals surface area contributed by atoms with Gasteiger partial charge in [0.1, 0.15) is 22.7 Å². The Labute approximate surface area is 200 Å². The summed E-state index contributed by atoms with van der Waals surface area (Å²) < 4.78 is 64.3. The number of carbonyl (C=O) groups excluding carboxylic acids is 1. The fourth-order valence-electron chi connectivity index (χ4n) is 3.24. The van der Waals surface area contributed by atoms with Crippen molar-refractivity contribution in [2.75, 3.05) is 11.8 Å². The number of benzene rings is 1. The first-order valence-corrected chi connectivity index (χ1v) is 12.0. The number of fused-ring (bicyclic) bond motifs is 1. The Bertz CT molecular complexity index is 1520. The van der Waals surface area contributed by atoms with E-state index in [0.717, 1.165) is 12.1 Å². The van der Waals surface area contributed by atoms with Crippen LogP contribution in [0.5, 0.6) is 5.88 Å². The van der Waals surface area contributed by atoms with Crippen LogP contribution in [0.25, 0.3) is 16.8 Å². The van der Waals surface area contributed by atoms with Crippen molar-refractivity contribution >= 4 is 27.0 Å². The summed E-state index contributed by atoms with van der Waals surface area (Å²) in [6.45, 7) is 6.97. The van der Waals surface area contributed by atoms with Gasteiger partial charge in [-0.3, -0.25) is 14.5 Å². The van der Waals surface area contributed by atoms with E-state index in [0.29, 0.717) is 11.1 Å². The van der Waals surface area contributed by atoms with Crippen LogP contribution in [0.2, 0.25) is 0 Å². The van der Waals surface area contributed by atoms with Gasteiger partial charge in [-0.1, -0.05) is 13.8 Å². The SMILES string of the molecule is CC.COc1ncc(C)cc1S(=O)(=O)Nc1ccc(F)c(-c2cn3cnc(C(C)=O)c3cn2)c1F. The number of sulfonamides is 1. The predicted molar refractivity (Wildman–Crippen MR) is 126 cm³/mol. The number of carbonyl (C=O) groups is 1. The Balaban J connectivity index is 0.00000167. The maximum absolute atomic E-state index is 15.3. The maximum Gasteiger partial charge on any atom is 0.267 e. The standard InChI is InChI=1S/C21H17F2N5O4S.C2H6/c1-11-6-17(21(32-3)25-7-11)33(30,31)27-14-5-4-13(22)18(19(14)23)15-9-28-10-26-20(12(2)29)16(28)8-24-15;1-2/h4-10,27H,1-3H3;1-2H3. The molecule has 4 rings (SSSR count). The molecule has 4 aromatic rings. The molecule has 0 atom stereocenters. The molecule has 0 aliphatic rings. The highest BCUT2D eigenvalue weighted by molar-refractivity contribution is 7.92. The van der Waals surface area contributed by atoms with Crippen LogP contribution in [0.3, 0.4) is 0 Å². The van der Waals surface area contributed by atoms with Crippen LogP contribution in [0.15, 0.2) is 48.0 Å². The Kier molecular flexibility index (Phi) is 7.44. The second kappa shape index (κ2) is 10.1. The molecule has 0 unspecified atom stereocenters. The van der Waals surface area contributed by atoms with Crippen molar-refractivity contribution < 1.29 is 26.7 Å². The molecule has 0 aliphatic heterocycles. The number of imidazole rings is 1. The minimum absolute atomic E-state index is 0.124. The first-order chi connectivity index (χ1) is 16.6. The number of hydrogen-bond donors (Lipinski definition) is 1. The van der Waals surface area contributed by atoms with Crippen LogP contribution in [-0.2, 0) is 10.0 Å². The normalized spacial score (nSPS) is 11.1. The number of pyridine rings is 1. The van der Waals surface area contributed by atoms with Crippen molar-refractivity contribution in [3.05, 3.63) is 66.0 Å². The lowest BCUT2D eigenvalue weighted by Crippen LogP contribution is -2.16. The number of aryl methyl sites for hydroxylation is 1. The molecule has 1 aromatic carbocycles. The smallest absolute Gasteiger partial charge is 0.267 e. The van der Waals surface area contributed by atoms with Gasteiger partial charge >= 0.3 is 0 Å². The number of nitrogens with one attached hydrogen (secondary N) is 1. The van der Waals surface area contributed by atoms with E-state index in [1.54, 1.807) is 6.92 Å². The van der Waals surface area contributed by atoms with E-state index < -0.39 is 32.9 Å². The first-order valence-electron chi connectivity index (χ1n) is 10.5. The van der Waals surface area contributed by atoms with E-state index in [-0.39, 0.29) is 27.9 Å². The Morgan fingerprint density at radius 3 is 2.49 bits per heavy atom. The third-order valence-electron chi connectivity index (χ3n) is 4.78. The van der Waals surface area contributed by atoms with Crippen LogP contribution in [0, 0.1) is 18.6 Å². The number of rotatable bonds is 6. The summed E-state index contributed by atoms with van der Waals surface area (Å²) in [4.78, 5) is 23.3. The number of ether oxygens (including phenoxy) is 1. The summed E-state index contributed by atoms with van der Waals surface area (Å²) in [5.74, 6) is -2.59. The first kappa shape index (κ1) is 25.7. The van der Waals surface area contributed by atoms with Crippen LogP contribution in [-0.4, -0.2) is 40.7 Å². The quantitative estimate of drug-likeness (QED) is 0.387.